The van der Waals surface area contributed by atoms with Gasteiger partial charge >= 0.3 is 0 Å². The minimum Gasteiger partial charge on any atom is -0.341 e. The lowest BCUT2D eigenvalue weighted by atomic mass is 9.73. The summed E-state index contributed by atoms with van der Waals surface area (Å²) in [6.07, 6.45) is 16.7. The summed E-state index contributed by atoms with van der Waals surface area (Å²) in [5.74, 6) is 2.18. The lowest BCUT2D eigenvalue weighted by Crippen LogP contribution is -2.18. The number of halogens is 1. The van der Waals surface area contributed by atoms with Crippen LogP contribution >= 0.6 is 11.6 Å². The molecule has 3 aliphatic rings. The van der Waals surface area contributed by atoms with E-state index in [1.54, 1.807) is 6.08 Å². The number of amides is 1. The molecular formula is C31H35ClN2O. The highest BCUT2D eigenvalue weighted by molar-refractivity contribution is 6.31. The zero-order valence-corrected chi connectivity index (χ0v) is 21.2. The Morgan fingerprint density at radius 2 is 1.86 bits per heavy atom. The molecule has 1 amide bonds. The summed E-state index contributed by atoms with van der Waals surface area (Å²) in [5.41, 5.74) is 6.09. The van der Waals surface area contributed by atoms with Crippen molar-refractivity contribution < 1.29 is 4.79 Å². The highest BCUT2D eigenvalue weighted by atomic mass is 35.5. The average Bonchev–Trinajstić information content (AvgIpc) is 3.39. The molecule has 0 bridgehead atoms. The zero-order valence-electron chi connectivity index (χ0n) is 20.4. The molecule has 3 aliphatic carbocycles. The van der Waals surface area contributed by atoms with Gasteiger partial charge in [-0.15, -0.1) is 0 Å². The summed E-state index contributed by atoms with van der Waals surface area (Å²) in [6.45, 7) is 1.00. The second kappa shape index (κ2) is 9.85. The molecule has 2 aromatic carbocycles. The van der Waals surface area contributed by atoms with Crippen molar-refractivity contribution in [3.05, 3.63) is 70.4 Å². The van der Waals surface area contributed by atoms with Crippen molar-refractivity contribution in [1.29, 1.82) is 0 Å². The van der Waals surface area contributed by atoms with Crippen molar-refractivity contribution in [3.8, 4) is 0 Å². The summed E-state index contributed by atoms with van der Waals surface area (Å²) in [4.78, 5) is 13.0. The summed E-state index contributed by atoms with van der Waals surface area (Å²) >= 11 is 6.29. The molecule has 35 heavy (non-hydrogen) atoms. The van der Waals surface area contributed by atoms with Crippen LogP contribution in [0.4, 0.5) is 5.69 Å². The topological polar surface area (TPSA) is 34.0 Å². The van der Waals surface area contributed by atoms with Crippen LogP contribution in [-0.2, 0) is 17.8 Å². The predicted octanol–water partition coefficient (Wildman–Crippen LogP) is 8.36. The number of hydrogen-bond donors (Lipinski definition) is 1. The Balaban J connectivity index is 1.22. The number of fused-ring (bicyclic) bond motifs is 2. The normalized spacial score (nSPS) is 20.9. The minimum atomic E-state index is -0.0574. The first-order valence-electron chi connectivity index (χ1n) is 13.6. The van der Waals surface area contributed by atoms with Crippen molar-refractivity contribution >= 4 is 40.2 Å². The van der Waals surface area contributed by atoms with Gasteiger partial charge < -0.3 is 9.88 Å². The fraction of sp³-hybridized carbons (Fsp3) is 0.452. The number of nitrogens with one attached hydrogen (secondary N) is 1. The summed E-state index contributed by atoms with van der Waals surface area (Å²) in [7, 11) is 0. The molecule has 1 unspecified atom stereocenters. The lowest BCUT2D eigenvalue weighted by Gasteiger charge is -2.32. The van der Waals surface area contributed by atoms with E-state index in [0.717, 1.165) is 40.7 Å². The monoisotopic (exact) mass is 486 g/mol. The fourth-order valence-electron chi connectivity index (χ4n) is 6.70. The van der Waals surface area contributed by atoms with E-state index in [4.69, 9.17) is 11.6 Å². The van der Waals surface area contributed by atoms with Gasteiger partial charge in [0.2, 0.25) is 5.91 Å². The third-order valence-corrected chi connectivity index (χ3v) is 9.00. The van der Waals surface area contributed by atoms with Crippen molar-refractivity contribution in [2.24, 2.45) is 11.8 Å². The van der Waals surface area contributed by atoms with E-state index < -0.39 is 0 Å². The second-order valence-electron chi connectivity index (χ2n) is 10.9. The van der Waals surface area contributed by atoms with E-state index in [-0.39, 0.29) is 5.91 Å². The zero-order chi connectivity index (χ0) is 23.8. The molecule has 0 saturated heterocycles. The highest BCUT2D eigenvalue weighted by Gasteiger charge is 2.34. The molecule has 4 heteroatoms. The number of hydrogen-bond acceptors (Lipinski definition) is 1. The smallest absolute Gasteiger partial charge is 0.248 e. The first-order valence-corrected chi connectivity index (χ1v) is 13.9. The van der Waals surface area contributed by atoms with Crippen LogP contribution in [0, 0.1) is 11.8 Å². The maximum atomic E-state index is 13.0. The van der Waals surface area contributed by atoms with E-state index in [0.29, 0.717) is 11.8 Å². The van der Waals surface area contributed by atoms with Gasteiger partial charge in [-0.05, 0) is 104 Å². The molecule has 0 aliphatic heterocycles. The molecular weight excluding hydrogens is 452 g/mol. The molecule has 6 rings (SSSR count). The summed E-state index contributed by atoms with van der Waals surface area (Å²) in [6, 6.07) is 14.7. The number of benzene rings is 2. The Morgan fingerprint density at radius 1 is 1.00 bits per heavy atom. The molecule has 2 saturated carbocycles. The van der Waals surface area contributed by atoms with Crippen LogP contribution in [0.2, 0.25) is 5.02 Å². The highest BCUT2D eigenvalue weighted by Crippen LogP contribution is 2.48. The van der Waals surface area contributed by atoms with Crippen LogP contribution in [0.5, 0.6) is 0 Å². The van der Waals surface area contributed by atoms with Gasteiger partial charge in [-0.2, -0.15) is 0 Å². The summed E-state index contributed by atoms with van der Waals surface area (Å²) in [5, 5.41) is 5.08. The Morgan fingerprint density at radius 3 is 2.66 bits per heavy atom. The minimum absolute atomic E-state index is 0.0574. The van der Waals surface area contributed by atoms with Gasteiger partial charge in [0.25, 0.3) is 0 Å². The van der Waals surface area contributed by atoms with Crippen molar-refractivity contribution in [1.82, 2.24) is 4.57 Å². The number of carbonyl (C=O) groups excluding carboxylic acids is 1. The van der Waals surface area contributed by atoms with Crippen LogP contribution in [0.1, 0.15) is 80.5 Å². The first kappa shape index (κ1) is 22.9. The third-order valence-electron chi connectivity index (χ3n) is 8.76. The second-order valence-corrected chi connectivity index (χ2v) is 11.4. The Hall–Kier alpha value is -2.52. The largest absolute Gasteiger partial charge is 0.341 e. The number of carbonyl (C=O) groups is 1. The number of rotatable bonds is 6. The Bertz CT molecular complexity index is 1260. The number of aromatic nitrogens is 1. The van der Waals surface area contributed by atoms with Gasteiger partial charge in [0.05, 0.1) is 0 Å². The van der Waals surface area contributed by atoms with Gasteiger partial charge in [-0.3, -0.25) is 4.79 Å². The molecule has 1 atom stereocenters. The average molecular weight is 487 g/mol. The fourth-order valence-corrected chi connectivity index (χ4v) is 6.88. The van der Waals surface area contributed by atoms with Crippen molar-refractivity contribution in [2.45, 2.75) is 76.7 Å². The van der Waals surface area contributed by atoms with Gasteiger partial charge in [0.1, 0.15) is 0 Å². The quantitative estimate of drug-likeness (QED) is 0.349. The maximum Gasteiger partial charge on any atom is 0.248 e. The molecule has 0 spiro atoms. The molecule has 3 nitrogen and oxygen atoms in total. The molecule has 182 valence electrons. The Labute approximate surface area is 213 Å². The lowest BCUT2D eigenvalue weighted by molar-refractivity contribution is -0.111. The van der Waals surface area contributed by atoms with Gasteiger partial charge in [-0.1, -0.05) is 49.4 Å². The van der Waals surface area contributed by atoms with Crippen molar-refractivity contribution in [3.63, 3.8) is 0 Å². The van der Waals surface area contributed by atoms with Crippen molar-refractivity contribution in [2.75, 3.05) is 5.32 Å². The number of anilines is 1. The molecule has 0 radical (unpaired) electrons. The van der Waals surface area contributed by atoms with Gasteiger partial charge in [0.15, 0.2) is 0 Å². The van der Waals surface area contributed by atoms with Crippen LogP contribution in [0.25, 0.3) is 17.0 Å². The molecule has 3 aromatic rings. The van der Waals surface area contributed by atoms with Crippen LogP contribution in [-0.4, -0.2) is 10.5 Å². The van der Waals surface area contributed by atoms with Crippen LogP contribution < -0.4 is 5.32 Å². The van der Waals surface area contributed by atoms with Gasteiger partial charge in [-0.25, -0.2) is 0 Å². The van der Waals surface area contributed by atoms with E-state index >= 15 is 0 Å². The van der Waals surface area contributed by atoms with E-state index in [9.17, 15) is 4.79 Å². The molecule has 1 aromatic heterocycles. The maximum absolute atomic E-state index is 13.0. The standard InChI is InChI=1S/C31H35ClN2O/c32-24-12-16-30-23(18-24)19-25(34(30)20-21-6-2-1-3-7-21)13-17-31(35)33-29-11-5-10-27-26(14-15-28(27)29)22-8-4-9-22/h5,10-13,16-19,21-22,26H,1-4,6-9,14-15,20H2,(H,33,35)/b17-13+. The van der Waals surface area contributed by atoms with E-state index in [2.05, 4.69) is 40.2 Å². The van der Waals surface area contributed by atoms with E-state index in [1.807, 2.05) is 18.2 Å². The molecule has 2 fully saturated rings. The molecule has 1 N–H and O–H groups in total. The first-order chi connectivity index (χ1) is 17.2. The van der Waals surface area contributed by atoms with Gasteiger partial charge in [0, 0.05) is 39.9 Å². The van der Waals surface area contributed by atoms with Crippen LogP contribution in [0.15, 0.2) is 48.5 Å². The third kappa shape index (κ3) is 4.68. The van der Waals surface area contributed by atoms with E-state index in [1.165, 1.54) is 74.4 Å². The predicted molar refractivity (Wildman–Crippen MR) is 146 cm³/mol. The summed E-state index contributed by atoms with van der Waals surface area (Å²) < 4.78 is 2.38. The Kier molecular flexibility index (Phi) is 6.45. The molecule has 1 heterocycles. The number of nitrogens with zero attached hydrogens (tertiary/aromatic N) is 1. The SMILES string of the molecule is O=C(/C=C/c1cc2cc(Cl)ccc2n1CC1CCCCC1)Nc1cccc2c1CCC2C1CCC1. The van der Waals surface area contributed by atoms with Crippen LogP contribution in [0.3, 0.4) is 0 Å².